The Bertz CT molecular complexity index is 3440. The zero-order valence-electron chi connectivity index (χ0n) is 59.8. The summed E-state index contributed by atoms with van der Waals surface area (Å²) in [5.41, 5.74) is 23.3. The van der Waals surface area contributed by atoms with Gasteiger partial charge in [-0.1, -0.05) is 58.0 Å². The van der Waals surface area contributed by atoms with Crippen molar-refractivity contribution in [1.29, 1.82) is 0 Å². The first-order chi connectivity index (χ1) is 49.7. The molecule has 2 aromatic heterocycles. The van der Waals surface area contributed by atoms with E-state index in [2.05, 4.69) is 88.7 Å². The number of carbonyl (C=O) groups excluding carboxylic acids is 14. The van der Waals surface area contributed by atoms with E-state index in [-0.39, 0.29) is 102 Å². The van der Waals surface area contributed by atoms with E-state index in [9.17, 15) is 82.1 Å². The van der Waals surface area contributed by atoms with Gasteiger partial charge in [-0.05, 0) is 88.7 Å². The summed E-state index contributed by atoms with van der Waals surface area (Å²) in [6, 6.07) is -5.53. The summed E-state index contributed by atoms with van der Waals surface area (Å²) in [5.74, 6) is -14.3. The third-order valence-electron chi connectivity index (χ3n) is 16.3. The fourth-order valence-corrected chi connectivity index (χ4v) is 11.1. The lowest BCUT2D eigenvalue weighted by Crippen LogP contribution is -2.60. The number of guanidine groups is 1. The maximum atomic E-state index is 14.4. The van der Waals surface area contributed by atoms with Crippen molar-refractivity contribution in [3.63, 3.8) is 0 Å². The number of carboxylic acids is 1. The molecule has 3 aromatic rings. The molecule has 0 radical (unpaired) electrons. The Labute approximate surface area is 606 Å². The molecule has 1 aliphatic rings. The topological polar surface area (TPSA) is 618 Å². The summed E-state index contributed by atoms with van der Waals surface area (Å²) in [6.07, 6.45) is 4.08. The number of nitrogens with zero attached hydrogens (tertiary/aromatic N) is 4. The normalized spacial score (nSPS) is 15.4. The Kier molecular flexibility index (Phi) is 36.5. The van der Waals surface area contributed by atoms with Crippen molar-refractivity contribution in [3.05, 3.63) is 72.3 Å². The molecule has 0 saturated carbocycles. The monoisotopic (exact) mass is 1470 g/mol. The SMILES string of the molecule is CC(=O)N[C@@H](Cc1cnc[nH]1)C(=O)N[C@@H](CCCCN)C(=O)N[C@H](C(=O)NCC(=O)N1CCC[C@H]1C(=O)N[C@@H](CC(N)=O)C(=O)N[C@@H](CC(C)C)C(=O)N[C@@H](Cc1cnc[nH]1)C(=O)NCC(=O)N[C@@H](CC(C)C)C(=O)N[C@@H](Cc1ccccc1)C(=O)NCC(=O)N[C@@H](CCCN=C(N)N)C(=O)O)[C@@H](C)O. The maximum absolute atomic E-state index is 14.4. The van der Waals surface area contributed by atoms with Crippen LogP contribution in [-0.4, -0.2) is 235 Å². The van der Waals surface area contributed by atoms with Crippen molar-refractivity contribution >= 4 is 94.6 Å². The molecule has 1 aromatic carbocycles. The molecule has 0 aliphatic carbocycles. The average Bonchev–Trinajstić information content (AvgIpc) is 1.75. The fourth-order valence-electron chi connectivity index (χ4n) is 11.1. The quantitative estimate of drug-likeness (QED) is 0.0142. The van der Waals surface area contributed by atoms with Crippen LogP contribution in [0.25, 0.3) is 0 Å². The van der Waals surface area contributed by atoms with Gasteiger partial charge in [-0.15, -0.1) is 0 Å². The smallest absolute Gasteiger partial charge is 0.326 e. The molecular formula is C66H102N22O17. The number of aliphatic hydroxyl groups is 1. The van der Waals surface area contributed by atoms with Crippen molar-refractivity contribution in [2.45, 2.75) is 192 Å². The number of amides is 14. The second-order valence-electron chi connectivity index (χ2n) is 26.2. The van der Waals surface area contributed by atoms with Gasteiger partial charge in [0.25, 0.3) is 0 Å². The first-order valence-corrected chi connectivity index (χ1v) is 34.5. The van der Waals surface area contributed by atoms with E-state index in [1.807, 2.05) is 0 Å². The number of nitrogens with one attached hydrogen (secondary N) is 14. The summed E-state index contributed by atoms with van der Waals surface area (Å²) < 4.78 is 0. The van der Waals surface area contributed by atoms with Gasteiger partial charge in [0.05, 0.1) is 44.8 Å². The number of aromatic nitrogens is 4. The van der Waals surface area contributed by atoms with Crippen LogP contribution in [0.1, 0.15) is 123 Å². The van der Waals surface area contributed by atoms with Gasteiger partial charge in [0.15, 0.2) is 5.96 Å². The number of nitrogens with two attached hydrogens (primary N) is 4. The Morgan fingerprint density at radius 1 is 0.562 bits per heavy atom. The van der Waals surface area contributed by atoms with Crippen molar-refractivity contribution in [2.75, 3.05) is 39.3 Å². The van der Waals surface area contributed by atoms with Crippen LogP contribution in [0.4, 0.5) is 0 Å². The van der Waals surface area contributed by atoms with Crippen LogP contribution in [0.3, 0.4) is 0 Å². The molecule has 39 heteroatoms. The predicted octanol–water partition coefficient (Wildman–Crippen LogP) is -6.50. The number of hydrogen-bond acceptors (Lipinski definition) is 20. The summed E-state index contributed by atoms with van der Waals surface area (Å²) in [5, 5.41) is 50.4. The predicted molar refractivity (Wildman–Crippen MR) is 376 cm³/mol. The van der Waals surface area contributed by atoms with Gasteiger partial charge in [-0.2, -0.15) is 0 Å². The third-order valence-corrected chi connectivity index (χ3v) is 16.3. The van der Waals surface area contributed by atoms with E-state index in [1.165, 1.54) is 38.9 Å². The zero-order chi connectivity index (χ0) is 77.9. The van der Waals surface area contributed by atoms with E-state index in [0.29, 0.717) is 29.8 Å². The highest BCUT2D eigenvalue weighted by Crippen LogP contribution is 2.19. The molecule has 11 atom stereocenters. The molecule has 1 aliphatic heterocycles. The Hall–Kier alpha value is -11.1. The number of hydrogen-bond donors (Lipinski definition) is 20. The zero-order valence-corrected chi connectivity index (χ0v) is 59.8. The number of aromatic amines is 2. The lowest BCUT2D eigenvalue weighted by atomic mass is 10.0. The minimum atomic E-state index is -1.74. The minimum absolute atomic E-state index is 0.0125. The highest BCUT2D eigenvalue weighted by molar-refractivity contribution is 6.00. The molecule has 578 valence electrons. The summed E-state index contributed by atoms with van der Waals surface area (Å²) in [6.45, 7) is 7.52. The average molecular weight is 1480 g/mol. The van der Waals surface area contributed by atoms with Gasteiger partial charge < -0.3 is 112 Å². The molecule has 4 rings (SSSR count). The first kappa shape index (κ1) is 86.3. The second-order valence-corrected chi connectivity index (χ2v) is 26.2. The highest BCUT2D eigenvalue weighted by Gasteiger charge is 2.39. The molecule has 24 N–H and O–H groups in total. The number of likely N-dealkylation sites (tertiary alicyclic amines) is 1. The standard InChI is InChI=1S/C66H102N22O17/c1-35(2)22-44(59(98)84-46(24-39-14-8-7-9-15-39)56(95)74-30-52(92)80-43(65(104)105)17-12-20-73-66(69)70)81-53(93)31-75-57(96)47(25-40-28-71-33-77-40)85-60(99)45(23-36(3)4)83-62(101)49(27-51(68)91)86-63(102)50-18-13-21-88(50)54(94)32-76-64(103)55(37(5)89)87-58(97)42(16-10-11-19-67)82-61(100)48(79-38(6)90)26-41-29-72-34-78-41/h7-9,14-15,28-29,33-37,42-50,55,89H,10-13,16-27,30-32,67H2,1-6H3,(H2,68,91)(H,71,77)(H,72,78)(H,74,95)(H,75,96)(H,76,103)(H,79,90)(H,80,92)(H,81,93)(H,82,100)(H,83,101)(H,84,98)(H,85,99)(H,86,102)(H,87,97)(H,104,105)(H4,69,70,73)/t37-,42+,43+,44+,45+,46+,47+,48+,49+,50+,55+/m1/s1. The van der Waals surface area contributed by atoms with Crippen LogP contribution in [0, 0.1) is 11.8 Å². The van der Waals surface area contributed by atoms with Crippen molar-refractivity contribution in [2.24, 2.45) is 39.8 Å². The number of H-pyrrole nitrogens is 2. The first-order valence-electron chi connectivity index (χ1n) is 34.5. The van der Waals surface area contributed by atoms with Crippen molar-refractivity contribution in [3.8, 4) is 0 Å². The molecular weight excluding hydrogens is 1370 g/mol. The van der Waals surface area contributed by atoms with Gasteiger partial charge >= 0.3 is 5.97 Å². The van der Waals surface area contributed by atoms with Crippen LogP contribution in [0.2, 0.25) is 0 Å². The van der Waals surface area contributed by atoms with Gasteiger partial charge in [0, 0.05) is 63.1 Å². The number of rotatable bonds is 46. The van der Waals surface area contributed by atoms with Crippen LogP contribution in [0.5, 0.6) is 0 Å². The lowest BCUT2D eigenvalue weighted by Gasteiger charge is -2.28. The van der Waals surface area contributed by atoms with Crippen LogP contribution < -0.4 is 86.7 Å². The van der Waals surface area contributed by atoms with Crippen molar-refractivity contribution in [1.82, 2.24) is 88.6 Å². The molecule has 1 fully saturated rings. The Morgan fingerprint density at radius 3 is 1.55 bits per heavy atom. The number of carbonyl (C=O) groups is 15. The van der Waals surface area contributed by atoms with E-state index in [1.54, 1.807) is 58.0 Å². The van der Waals surface area contributed by atoms with E-state index in [4.69, 9.17) is 22.9 Å². The number of aliphatic imine (C=N–C) groups is 1. The minimum Gasteiger partial charge on any atom is -0.480 e. The maximum Gasteiger partial charge on any atom is 0.326 e. The van der Waals surface area contributed by atoms with Gasteiger partial charge in [0.2, 0.25) is 82.7 Å². The number of benzene rings is 1. The number of primary amides is 1. The molecule has 39 nitrogen and oxygen atoms in total. The largest absolute Gasteiger partial charge is 0.480 e. The van der Waals surface area contributed by atoms with Crippen LogP contribution >= 0.6 is 0 Å². The van der Waals surface area contributed by atoms with E-state index in [0.717, 1.165) is 4.90 Å². The number of unbranched alkanes of at least 4 members (excludes halogenated alkanes) is 1. The number of imidazole rings is 2. The third kappa shape index (κ3) is 31.6. The molecule has 1 saturated heterocycles. The molecule has 105 heavy (non-hydrogen) atoms. The van der Waals surface area contributed by atoms with E-state index < -0.39 is 181 Å². The number of carboxylic acid groups (broad SMARTS) is 1. The fraction of sp³-hybridized carbons (Fsp3) is 0.576. The molecule has 0 bridgehead atoms. The highest BCUT2D eigenvalue weighted by atomic mass is 16.4. The summed E-state index contributed by atoms with van der Waals surface area (Å²) in [7, 11) is 0. The lowest BCUT2D eigenvalue weighted by molar-refractivity contribution is -0.142. The second kappa shape index (κ2) is 44.4. The van der Waals surface area contributed by atoms with Gasteiger partial charge in [-0.25, -0.2) is 14.8 Å². The van der Waals surface area contributed by atoms with Gasteiger partial charge in [-0.3, -0.25) is 72.1 Å². The number of aliphatic hydroxyl groups excluding tert-OH is 1. The summed E-state index contributed by atoms with van der Waals surface area (Å²) >= 11 is 0. The molecule has 14 amide bonds. The molecule has 3 heterocycles. The van der Waals surface area contributed by atoms with E-state index >= 15 is 0 Å². The molecule has 0 unspecified atom stereocenters. The van der Waals surface area contributed by atoms with Crippen molar-refractivity contribution < 1.29 is 82.1 Å². The Balaban J connectivity index is 1.43. The van der Waals surface area contributed by atoms with Crippen LogP contribution in [0.15, 0.2) is 60.4 Å². The van der Waals surface area contributed by atoms with Crippen LogP contribution in [-0.2, 0) is 91.2 Å². The van der Waals surface area contributed by atoms with Gasteiger partial charge in [0.1, 0.15) is 60.4 Å². The molecule has 0 spiro atoms. The Morgan fingerprint density at radius 2 is 1.05 bits per heavy atom. The number of aliphatic carboxylic acids is 1. The summed E-state index contributed by atoms with van der Waals surface area (Å²) in [4.78, 5) is 221.